The fourth-order valence-electron chi connectivity index (χ4n) is 1.43. The second-order valence-electron chi connectivity index (χ2n) is 3.65. The summed E-state index contributed by atoms with van der Waals surface area (Å²) in [5.41, 5.74) is 0. The first-order valence-corrected chi connectivity index (χ1v) is 5.05. The Morgan fingerprint density at radius 1 is 1.62 bits per heavy atom. The molecule has 92 valence electrons. The van der Waals surface area contributed by atoms with Crippen LogP contribution in [0, 0.1) is 0 Å². The maximum absolute atomic E-state index is 11.6. The van der Waals surface area contributed by atoms with Gasteiger partial charge in [0.2, 0.25) is 0 Å². The van der Waals surface area contributed by atoms with Crippen LogP contribution in [0.2, 0.25) is 0 Å². The Bertz CT molecular complexity index is 271. The van der Waals surface area contributed by atoms with Crippen LogP contribution < -0.4 is 5.32 Å². The molecule has 1 rings (SSSR count). The molecule has 1 aliphatic heterocycles. The highest BCUT2D eigenvalue weighted by atomic mass is 16.5. The van der Waals surface area contributed by atoms with Gasteiger partial charge < -0.3 is 25.2 Å². The summed E-state index contributed by atoms with van der Waals surface area (Å²) in [6.07, 6.45) is -0.0584. The van der Waals surface area contributed by atoms with Crippen LogP contribution in [0.15, 0.2) is 0 Å². The van der Waals surface area contributed by atoms with E-state index in [4.69, 9.17) is 14.9 Å². The molecular weight excluding hydrogens is 216 g/mol. The largest absolute Gasteiger partial charge is 0.480 e. The number of hydrogen-bond donors (Lipinski definition) is 3. The third-order valence-electron chi connectivity index (χ3n) is 2.31. The van der Waals surface area contributed by atoms with Crippen LogP contribution in [0.1, 0.15) is 6.92 Å². The molecule has 7 nitrogen and oxygen atoms in total. The average Bonchev–Trinajstić information content (AvgIpc) is 2.25. The van der Waals surface area contributed by atoms with E-state index in [1.807, 2.05) is 6.92 Å². The number of carboxylic acids is 1. The van der Waals surface area contributed by atoms with Gasteiger partial charge in [0.05, 0.1) is 19.3 Å². The van der Waals surface area contributed by atoms with Crippen LogP contribution in [0.5, 0.6) is 0 Å². The molecule has 0 bridgehead atoms. The van der Waals surface area contributed by atoms with Crippen molar-refractivity contribution in [3.8, 4) is 0 Å². The highest BCUT2D eigenvalue weighted by molar-refractivity contribution is 5.82. The third kappa shape index (κ3) is 3.35. The zero-order valence-electron chi connectivity index (χ0n) is 9.05. The molecule has 1 aliphatic rings. The van der Waals surface area contributed by atoms with Crippen LogP contribution in [0.3, 0.4) is 0 Å². The SMILES string of the molecule is CC1CN(C(=O)NC(CO)C(=O)O)CCO1. The van der Waals surface area contributed by atoms with Crippen LogP contribution in [0.4, 0.5) is 4.79 Å². The molecule has 0 radical (unpaired) electrons. The first-order chi connectivity index (χ1) is 7.54. The first kappa shape index (κ1) is 12.7. The summed E-state index contributed by atoms with van der Waals surface area (Å²) in [5.74, 6) is -1.25. The number of aliphatic carboxylic acids is 1. The zero-order valence-corrected chi connectivity index (χ0v) is 9.05. The van der Waals surface area contributed by atoms with Gasteiger partial charge in [0.25, 0.3) is 0 Å². The van der Waals surface area contributed by atoms with Gasteiger partial charge in [-0.25, -0.2) is 9.59 Å². The van der Waals surface area contributed by atoms with E-state index in [0.717, 1.165) is 0 Å². The van der Waals surface area contributed by atoms with Gasteiger partial charge in [-0.3, -0.25) is 0 Å². The van der Waals surface area contributed by atoms with Gasteiger partial charge in [-0.15, -0.1) is 0 Å². The number of rotatable bonds is 3. The number of hydrogen-bond acceptors (Lipinski definition) is 4. The molecule has 1 heterocycles. The van der Waals surface area contributed by atoms with Crippen LogP contribution >= 0.6 is 0 Å². The highest BCUT2D eigenvalue weighted by Crippen LogP contribution is 2.04. The van der Waals surface area contributed by atoms with Crippen molar-refractivity contribution in [3.63, 3.8) is 0 Å². The normalized spacial score (nSPS) is 22.6. The molecule has 0 saturated carbocycles. The van der Waals surface area contributed by atoms with Gasteiger partial charge in [0.1, 0.15) is 0 Å². The number of nitrogens with one attached hydrogen (secondary N) is 1. The lowest BCUT2D eigenvalue weighted by atomic mass is 10.3. The monoisotopic (exact) mass is 232 g/mol. The minimum Gasteiger partial charge on any atom is -0.480 e. The summed E-state index contributed by atoms with van der Waals surface area (Å²) in [5, 5.41) is 19.6. The quantitative estimate of drug-likeness (QED) is 0.571. The number of morpholine rings is 1. The number of amides is 2. The second kappa shape index (κ2) is 5.66. The second-order valence-corrected chi connectivity index (χ2v) is 3.65. The lowest BCUT2D eigenvalue weighted by Crippen LogP contribution is -2.53. The van der Waals surface area contributed by atoms with Gasteiger partial charge >= 0.3 is 12.0 Å². The van der Waals surface area contributed by atoms with Crippen molar-refractivity contribution in [1.82, 2.24) is 10.2 Å². The zero-order chi connectivity index (χ0) is 12.1. The molecule has 0 aromatic carbocycles. The lowest BCUT2D eigenvalue weighted by Gasteiger charge is -2.31. The minimum atomic E-state index is -1.26. The Kier molecular flexibility index (Phi) is 4.51. The lowest BCUT2D eigenvalue weighted by molar-refractivity contribution is -0.140. The Balaban J connectivity index is 2.47. The smallest absolute Gasteiger partial charge is 0.328 e. The number of carboxylic acid groups (broad SMARTS) is 1. The fraction of sp³-hybridized carbons (Fsp3) is 0.778. The van der Waals surface area contributed by atoms with Crippen LogP contribution in [-0.2, 0) is 9.53 Å². The number of aliphatic hydroxyl groups is 1. The van der Waals surface area contributed by atoms with Gasteiger partial charge in [-0.1, -0.05) is 0 Å². The molecule has 16 heavy (non-hydrogen) atoms. The Morgan fingerprint density at radius 2 is 2.31 bits per heavy atom. The van der Waals surface area contributed by atoms with E-state index in [-0.39, 0.29) is 6.10 Å². The Labute approximate surface area is 93.0 Å². The van der Waals surface area contributed by atoms with E-state index in [1.165, 1.54) is 4.90 Å². The summed E-state index contributed by atoms with van der Waals surface area (Å²) >= 11 is 0. The molecule has 3 N–H and O–H groups in total. The van der Waals surface area contributed by atoms with Crippen molar-refractivity contribution in [2.75, 3.05) is 26.3 Å². The summed E-state index contributed by atoms with van der Waals surface area (Å²) in [7, 11) is 0. The number of ether oxygens (including phenoxy) is 1. The van der Waals surface area contributed by atoms with Crippen LogP contribution in [-0.4, -0.2) is 65.6 Å². The molecule has 1 fully saturated rings. The van der Waals surface area contributed by atoms with Gasteiger partial charge in [0, 0.05) is 13.1 Å². The predicted octanol–water partition coefficient (Wildman–Crippen LogP) is -1.14. The summed E-state index contributed by atoms with van der Waals surface area (Å²) in [6.45, 7) is 2.49. The van der Waals surface area contributed by atoms with Crippen molar-refractivity contribution in [1.29, 1.82) is 0 Å². The van der Waals surface area contributed by atoms with E-state index < -0.39 is 24.6 Å². The number of carbonyl (C=O) groups excluding carboxylic acids is 1. The van der Waals surface area contributed by atoms with Crippen molar-refractivity contribution >= 4 is 12.0 Å². The number of carbonyl (C=O) groups is 2. The van der Waals surface area contributed by atoms with Gasteiger partial charge in [-0.05, 0) is 6.92 Å². The van der Waals surface area contributed by atoms with E-state index in [1.54, 1.807) is 0 Å². The molecular formula is C9H16N2O5. The third-order valence-corrected chi connectivity index (χ3v) is 2.31. The molecule has 0 spiro atoms. The Hall–Kier alpha value is -1.34. The maximum Gasteiger partial charge on any atom is 0.328 e. The summed E-state index contributed by atoms with van der Waals surface area (Å²) in [6, 6.07) is -1.75. The van der Waals surface area contributed by atoms with Gasteiger partial charge in [0.15, 0.2) is 6.04 Å². The van der Waals surface area contributed by atoms with Crippen molar-refractivity contribution in [2.24, 2.45) is 0 Å². The van der Waals surface area contributed by atoms with E-state index in [2.05, 4.69) is 5.32 Å². The number of urea groups is 1. The van der Waals surface area contributed by atoms with E-state index in [0.29, 0.717) is 19.7 Å². The average molecular weight is 232 g/mol. The first-order valence-electron chi connectivity index (χ1n) is 5.05. The highest BCUT2D eigenvalue weighted by Gasteiger charge is 2.25. The molecule has 2 unspecified atom stereocenters. The van der Waals surface area contributed by atoms with E-state index in [9.17, 15) is 9.59 Å². The van der Waals surface area contributed by atoms with Crippen LogP contribution in [0.25, 0.3) is 0 Å². The Morgan fingerprint density at radius 3 is 2.81 bits per heavy atom. The van der Waals surface area contributed by atoms with Crippen molar-refractivity contribution in [2.45, 2.75) is 19.1 Å². The minimum absolute atomic E-state index is 0.0584. The standard InChI is InChI=1S/C9H16N2O5/c1-6-4-11(2-3-16-6)9(15)10-7(5-12)8(13)14/h6-7,12H,2-5H2,1H3,(H,10,15)(H,13,14). The topological polar surface area (TPSA) is 99.1 Å². The number of nitrogens with zero attached hydrogens (tertiary/aromatic N) is 1. The fourth-order valence-corrected chi connectivity index (χ4v) is 1.43. The molecule has 0 aromatic heterocycles. The molecule has 2 atom stereocenters. The molecule has 0 aliphatic carbocycles. The predicted molar refractivity (Wildman–Crippen MR) is 54.0 cm³/mol. The van der Waals surface area contributed by atoms with Gasteiger partial charge in [-0.2, -0.15) is 0 Å². The maximum atomic E-state index is 11.6. The molecule has 0 aromatic rings. The summed E-state index contributed by atoms with van der Waals surface area (Å²) in [4.78, 5) is 23.7. The molecule has 7 heteroatoms. The van der Waals surface area contributed by atoms with E-state index >= 15 is 0 Å². The molecule has 1 saturated heterocycles. The van der Waals surface area contributed by atoms with Crippen molar-refractivity contribution in [3.05, 3.63) is 0 Å². The number of aliphatic hydroxyl groups excluding tert-OH is 1. The van der Waals surface area contributed by atoms with Crippen molar-refractivity contribution < 1.29 is 24.5 Å². The molecule has 2 amide bonds. The summed E-state index contributed by atoms with van der Waals surface area (Å²) < 4.78 is 5.25.